The van der Waals surface area contributed by atoms with Crippen LogP contribution in [0.1, 0.15) is 38.7 Å². The van der Waals surface area contributed by atoms with E-state index in [0.29, 0.717) is 17.7 Å². The van der Waals surface area contributed by atoms with Crippen LogP contribution < -0.4 is 5.32 Å². The van der Waals surface area contributed by atoms with Crippen LogP contribution in [0.3, 0.4) is 0 Å². The number of thioether (sulfide) groups is 1. The molecule has 25 heavy (non-hydrogen) atoms. The SMILES string of the molecule is CCC(C)C(Sc1ccccc1C)C1=S(=O)(CC2CCC(=O)N2)C1=O. The van der Waals surface area contributed by atoms with Crippen LogP contribution in [-0.2, 0) is 19.1 Å². The van der Waals surface area contributed by atoms with Crippen LogP contribution in [0, 0.1) is 12.8 Å². The van der Waals surface area contributed by atoms with E-state index in [-0.39, 0.29) is 34.0 Å². The lowest BCUT2D eigenvalue weighted by molar-refractivity contribution is -0.119. The molecular weight excluding hydrogens is 354 g/mol. The third-order valence-corrected chi connectivity index (χ3v) is 9.55. The molecule has 2 heterocycles. The van der Waals surface area contributed by atoms with E-state index < -0.39 is 9.52 Å². The Bertz CT molecular complexity index is 824. The second kappa shape index (κ2) is 7.16. The second-order valence-electron chi connectivity index (χ2n) is 6.99. The molecule has 0 bridgehead atoms. The minimum absolute atomic E-state index is 0.00425. The molecule has 0 aliphatic carbocycles. The van der Waals surface area contributed by atoms with E-state index >= 15 is 0 Å². The normalized spacial score (nSPS) is 28.0. The zero-order valence-electron chi connectivity index (χ0n) is 14.9. The van der Waals surface area contributed by atoms with Crippen molar-refractivity contribution in [1.82, 2.24) is 5.32 Å². The Hall–Kier alpha value is -1.27. The van der Waals surface area contributed by atoms with Crippen molar-refractivity contribution in [3.8, 4) is 0 Å². The number of hydrogen-bond acceptors (Lipinski definition) is 4. The number of rotatable bonds is 7. The molecule has 1 amide bonds. The summed E-state index contributed by atoms with van der Waals surface area (Å²) in [6.07, 6.45) is 2.07. The molecule has 1 aromatic rings. The predicted octanol–water partition coefficient (Wildman–Crippen LogP) is 2.78. The third kappa shape index (κ3) is 3.65. The van der Waals surface area contributed by atoms with Crippen LogP contribution >= 0.6 is 11.8 Å². The maximum atomic E-state index is 13.2. The largest absolute Gasteiger partial charge is 0.352 e. The van der Waals surface area contributed by atoms with Crippen molar-refractivity contribution in [1.29, 1.82) is 0 Å². The van der Waals surface area contributed by atoms with Gasteiger partial charge in [0.1, 0.15) is 0 Å². The van der Waals surface area contributed by atoms with Crippen molar-refractivity contribution in [2.24, 2.45) is 5.92 Å². The summed E-state index contributed by atoms with van der Waals surface area (Å²) >= 11 is 1.66. The van der Waals surface area contributed by atoms with Gasteiger partial charge in [-0.25, -0.2) is 0 Å². The van der Waals surface area contributed by atoms with Crippen molar-refractivity contribution in [2.45, 2.75) is 56.2 Å². The fourth-order valence-electron chi connectivity index (χ4n) is 3.26. The van der Waals surface area contributed by atoms with Gasteiger partial charge in [-0.05, 0) is 30.9 Å². The van der Waals surface area contributed by atoms with E-state index in [1.165, 1.54) is 5.56 Å². The molecule has 1 aromatic carbocycles. The summed E-state index contributed by atoms with van der Waals surface area (Å²) < 4.78 is 13.2. The first-order chi connectivity index (χ1) is 11.9. The average molecular weight is 380 g/mol. The summed E-state index contributed by atoms with van der Waals surface area (Å²) in [5.74, 6) is 0.550. The number of hydrogen-bond donors (Lipinski definition) is 1. The minimum atomic E-state index is -2.60. The van der Waals surface area contributed by atoms with Gasteiger partial charge in [-0.3, -0.25) is 13.8 Å². The number of aryl methyl sites for hydroxylation is 1. The standard InChI is InChI=1S/C19H25NO3S2/c1-4-12(2)17(24-15-8-6-5-7-13(15)3)18-19(22)25(18,23)11-14-9-10-16(21)20-14/h5-8,12,14,17H,4,9-11H2,1-3H3,(H,20,21). The zero-order chi connectivity index (χ0) is 18.2. The fraction of sp³-hybridized carbons (Fsp3) is 0.526. The number of carbonyl (C=O) groups is 2. The smallest absolute Gasteiger partial charge is 0.247 e. The van der Waals surface area contributed by atoms with Gasteiger partial charge in [0.25, 0.3) is 0 Å². The second-order valence-corrected chi connectivity index (χ2v) is 10.7. The summed E-state index contributed by atoms with van der Waals surface area (Å²) in [6.45, 7) is 6.27. The van der Waals surface area contributed by atoms with Gasteiger partial charge in [0.05, 0.1) is 14.4 Å². The topological polar surface area (TPSA) is 63.2 Å². The quantitative estimate of drug-likeness (QED) is 0.584. The van der Waals surface area contributed by atoms with Crippen LogP contribution in [0.2, 0.25) is 0 Å². The Morgan fingerprint density at radius 3 is 2.64 bits per heavy atom. The highest BCUT2D eigenvalue weighted by molar-refractivity contribution is 8.31. The molecule has 6 heteroatoms. The minimum Gasteiger partial charge on any atom is -0.352 e. The number of benzene rings is 1. The van der Waals surface area contributed by atoms with Gasteiger partial charge in [-0.1, -0.05) is 38.5 Å². The first kappa shape index (κ1) is 18.5. The first-order valence-corrected chi connectivity index (χ1v) is 11.4. The van der Waals surface area contributed by atoms with Gasteiger partial charge in [-0.2, -0.15) is 0 Å². The van der Waals surface area contributed by atoms with E-state index in [1.807, 2.05) is 12.1 Å². The molecule has 0 spiro atoms. The lowest BCUT2D eigenvalue weighted by atomic mass is 10.0. The van der Waals surface area contributed by atoms with E-state index in [1.54, 1.807) is 11.8 Å². The van der Waals surface area contributed by atoms with E-state index in [2.05, 4.69) is 38.2 Å². The fourth-order valence-corrected chi connectivity index (χ4v) is 7.89. The molecule has 4 nitrogen and oxygen atoms in total. The molecule has 1 saturated heterocycles. The van der Waals surface area contributed by atoms with Crippen molar-refractivity contribution in [2.75, 3.05) is 5.75 Å². The summed E-state index contributed by atoms with van der Waals surface area (Å²) in [6, 6.07) is 7.98. The molecule has 2 aliphatic heterocycles. The summed E-state index contributed by atoms with van der Waals surface area (Å²) in [4.78, 5) is 25.6. The first-order valence-electron chi connectivity index (χ1n) is 8.81. The highest BCUT2D eigenvalue weighted by Crippen LogP contribution is 2.38. The molecule has 0 radical (unpaired) electrons. The highest BCUT2D eigenvalue weighted by Gasteiger charge is 2.50. The molecule has 3 rings (SSSR count). The summed E-state index contributed by atoms with van der Waals surface area (Å²) in [5.41, 5.74) is 1.17. The maximum absolute atomic E-state index is 13.2. The average Bonchev–Trinajstić information content (AvgIpc) is 2.90. The Balaban J connectivity index is 1.87. The van der Waals surface area contributed by atoms with Gasteiger partial charge in [0.2, 0.25) is 11.0 Å². The monoisotopic (exact) mass is 379 g/mol. The maximum Gasteiger partial charge on any atom is 0.247 e. The van der Waals surface area contributed by atoms with Gasteiger partial charge < -0.3 is 5.32 Å². The number of nitrogens with one attached hydrogen (secondary N) is 1. The molecule has 1 N–H and O–H groups in total. The van der Waals surface area contributed by atoms with Crippen LogP contribution in [-0.4, -0.2) is 37.1 Å². The summed E-state index contributed by atoms with van der Waals surface area (Å²) in [7, 11) is -2.60. The van der Waals surface area contributed by atoms with Crippen molar-refractivity contribution < 1.29 is 13.8 Å². The van der Waals surface area contributed by atoms with Gasteiger partial charge in [0, 0.05) is 28.4 Å². The van der Waals surface area contributed by atoms with Crippen molar-refractivity contribution in [3.63, 3.8) is 0 Å². The highest BCUT2D eigenvalue weighted by atomic mass is 32.2. The van der Waals surface area contributed by atoms with Gasteiger partial charge in [0.15, 0.2) is 0 Å². The molecule has 0 saturated carbocycles. The molecule has 136 valence electrons. The van der Waals surface area contributed by atoms with Crippen LogP contribution in [0.25, 0.3) is 0 Å². The van der Waals surface area contributed by atoms with Gasteiger partial charge >= 0.3 is 0 Å². The van der Waals surface area contributed by atoms with E-state index in [4.69, 9.17) is 0 Å². The zero-order valence-corrected chi connectivity index (χ0v) is 16.5. The Kier molecular flexibility index (Phi) is 5.30. The van der Waals surface area contributed by atoms with Crippen LogP contribution in [0.5, 0.6) is 0 Å². The molecule has 4 atom stereocenters. The Morgan fingerprint density at radius 2 is 2.04 bits per heavy atom. The lowest BCUT2D eigenvalue weighted by Gasteiger charge is -2.20. The number of carbonyl (C=O) groups excluding carboxylic acids is 2. The molecule has 4 unspecified atom stereocenters. The predicted molar refractivity (Wildman–Crippen MR) is 104 cm³/mol. The van der Waals surface area contributed by atoms with Crippen molar-refractivity contribution in [3.05, 3.63) is 29.8 Å². The summed E-state index contributed by atoms with van der Waals surface area (Å²) in [5, 5.41) is 2.62. The van der Waals surface area contributed by atoms with E-state index in [9.17, 15) is 13.8 Å². The van der Waals surface area contributed by atoms with Crippen LogP contribution in [0.15, 0.2) is 29.2 Å². The van der Waals surface area contributed by atoms with E-state index in [0.717, 1.165) is 11.3 Å². The third-order valence-electron chi connectivity index (χ3n) is 5.10. The number of amides is 1. The lowest BCUT2D eigenvalue weighted by Crippen LogP contribution is -2.30. The molecule has 2 aliphatic rings. The van der Waals surface area contributed by atoms with Crippen molar-refractivity contribution >= 4 is 37.2 Å². The molecular formula is C19H25NO3S2. The Labute approximate surface area is 154 Å². The molecule has 1 fully saturated rings. The molecule has 0 aromatic heterocycles. The van der Waals surface area contributed by atoms with Crippen LogP contribution in [0.4, 0.5) is 0 Å². The van der Waals surface area contributed by atoms with Gasteiger partial charge in [-0.15, -0.1) is 11.8 Å². The Morgan fingerprint density at radius 1 is 1.32 bits per heavy atom.